The summed E-state index contributed by atoms with van der Waals surface area (Å²) in [5.41, 5.74) is 2.90. The van der Waals surface area contributed by atoms with Crippen molar-refractivity contribution in [3.05, 3.63) is 34.9 Å². The van der Waals surface area contributed by atoms with Crippen LogP contribution in [0.15, 0.2) is 28.4 Å². The van der Waals surface area contributed by atoms with Crippen LogP contribution >= 0.6 is 15.9 Å². The molecule has 1 aliphatic carbocycles. The van der Waals surface area contributed by atoms with Gasteiger partial charge < -0.3 is 24.0 Å². The van der Waals surface area contributed by atoms with Gasteiger partial charge in [-0.15, -0.1) is 5.73 Å². The van der Waals surface area contributed by atoms with E-state index >= 15 is 0 Å². The fourth-order valence-corrected chi connectivity index (χ4v) is 0.631. The SMILES string of the molecule is BrC1=CC=C=C[CH]1.[I-].[Zn]. The van der Waals surface area contributed by atoms with Crippen LogP contribution in [0.3, 0.4) is 0 Å². The van der Waals surface area contributed by atoms with Crippen LogP contribution in [0.25, 0.3) is 0 Å². The molecule has 0 saturated carbocycles. The zero-order valence-electron chi connectivity index (χ0n) is 4.77. The third kappa shape index (κ3) is 5.53. The molecule has 0 unspecified atom stereocenters. The van der Waals surface area contributed by atoms with Crippen molar-refractivity contribution >= 4 is 15.9 Å². The molecule has 0 aromatic carbocycles. The molecule has 1 radical (unpaired) electrons. The third-order valence-electron chi connectivity index (χ3n) is 0.678. The molecule has 0 fully saturated rings. The van der Waals surface area contributed by atoms with Gasteiger partial charge in [-0.25, -0.2) is 0 Å². The second kappa shape index (κ2) is 7.20. The largest absolute Gasteiger partial charge is 1.00 e. The van der Waals surface area contributed by atoms with Gasteiger partial charge in [0.05, 0.1) is 0 Å². The predicted molar refractivity (Wildman–Crippen MR) is 34.0 cm³/mol. The van der Waals surface area contributed by atoms with Crippen molar-refractivity contribution in [3.8, 4) is 0 Å². The molecular weight excluding hydrogens is 344 g/mol. The van der Waals surface area contributed by atoms with Crippen molar-refractivity contribution < 1.29 is 43.5 Å². The van der Waals surface area contributed by atoms with Crippen LogP contribution < -0.4 is 24.0 Å². The Labute approximate surface area is 93.4 Å². The normalized spacial score (nSPS) is 13.2. The fraction of sp³-hybridized carbons (Fsp3) is 0. The Morgan fingerprint density at radius 2 is 2.00 bits per heavy atom. The van der Waals surface area contributed by atoms with Crippen LogP contribution in [0, 0.1) is 6.42 Å². The van der Waals surface area contributed by atoms with Crippen molar-refractivity contribution in [1.29, 1.82) is 0 Å². The van der Waals surface area contributed by atoms with Gasteiger partial charge in [0.15, 0.2) is 0 Å². The van der Waals surface area contributed by atoms with Gasteiger partial charge in [0.1, 0.15) is 0 Å². The molecule has 1 aliphatic rings. The van der Waals surface area contributed by atoms with Crippen LogP contribution in [-0.4, -0.2) is 0 Å². The van der Waals surface area contributed by atoms with E-state index < -0.39 is 0 Å². The van der Waals surface area contributed by atoms with E-state index in [2.05, 4.69) is 21.7 Å². The molecule has 0 bridgehead atoms. The topological polar surface area (TPSA) is 0 Å². The van der Waals surface area contributed by atoms with Gasteiger partial charge in [0.25, 0.3) is 0 Å². The second-order valence-corrected chi connectivity index (χ2v) is 2.13. The average molecular weight is 348 g/mol. The molecule has 1 rings (SSSR count). The van der Waals surface area contributed by atoms with Gasteiger partial charge in [-0.3, -0.25) is 0 Å². The predicted octanol–water partition coefficient (Wildman–Crippen LogP) is -0.804. The van der Waals surface area contributed by atoms with Crippen molar-refractivity contribution in [2.45, 2.75) is 0 Å². The minimum atomic E-state index is 0. The van der Waals surface area contributed by atoms with Crippen LogP contribution in [0.4, 0.5) is 0 Å². The number of hydrogen-bond donors (Lipinski definition) is 0. The second-order valence-electron chi connectivity index (χ2n) is 1.22. The zero-order chi connectivity index (χ0) is 5.11. The first-order chi connectivity index (χ1) is 3.39. The van der Waals surface area contributed by atoms with Gasteiger partial charge in [0, 0.05) is 30.4 Å². The number of allylic oxidation sites excluding steroid dienone is 3. The van der Waals surface area contributed by atoms with E-state index in [1.165, 1.54) is 0 Å². The maximum absolute atomic E-state index is 3.29. The smallest absolute Gasteiger partial charge is 0.0275 e. The van der Waals surface area contributed by atoms with Gasteiger partial charge in [0.2, 0.25) is 0 Å². The molecule has 0 N–H and O–H groups in total. The van der Waals surface area contributed by atoms with Crippen molar-refractivity contribution in [2.75, 3.05) is 0 Å². The Balaban J connectivity index is 0. The molecule has 0 saturated heterocycles. The third-order valence-corrected chi connectivity index (χ3v) is 1.21. The quantitative estimate of drug-likeness (QED) is 0.305. The van der Waals surface area contributed by atoms with E-state index in [4.69, 9.17) is 0 Å². The number of rotatable bonds is 0. The minimum Gasteiger partial charge on any atom is -1.00 e. The molecular formula is C6H4BrIZn-. The molecule has 45 valence electrons. The summed E-state index contributed by atoms with van der Waals surface area (Å²) in [5.74, 6) is 0. The number of hydrogen-bond acceptors (Lipinski definition) is 0. The molecule has 0 spiro atoms. The summed E-state index contributed by atoms with van der Waals surface area (Å²) in [7, 11) is 0. The molecule has 9 heavy (non-hydrogen) atoms. The maximum Gasteiger partial charge on any atom is 0.0275 e. The monoisotopic (exact) mass is 346 g/mol. The van der Waals surface area contributed by atoms with E-state index in [9.17, 15) is 0 Å². The first kappa shape index (κ1) is 12.7. The van der Waals surface area contributed by atoms with E-state index in [0.29, 0.717) is 0 Å². The Morgan fingerprint density at radius 3 is 2.22 bits per heavy atom. The van der Waals surface area contributed by atoms with Crippen molar-refractivity contribution in [1.82, 2.24) is 0 Å². The Morgan fingerprint density at radius 1 is 1.33 bits per heavy atom. The summed E-state index contributed by atoms with van der Waals surface area (Å²) in [4.78, 5) is 0. The molecule has 0 heterocycles. The van der Waals surface area contributed by atoms with E-state index in [1.54, 1.807) is 0 Å². The Kier molecular flexibility index (Phi) is 10.2. The van der Waals surface area contributed by atoms with Crippen molar-refractivity contribution in [3.63, 3.8) is 0 Å². The van der Waals surface area contributed by atoms with Crippen LogP contribution in [-0.2, 0) is 19.5 Å². The number of halogens is 2. The zero-order valence-corrected chi connectivity index (χ0v) is 11.5. The van der Waals surface area contributed by atoms with Gasteiger partial charge in [-0.2, -0.15) is 0 Å². The average Bonchev–Trinajstić information content (AvgIpc) is 1.69. The molecule has 0 aromatic rings. The van der Waals surface area contributed by atoms with Gasteiger partial charge in [-0.05, 0) is 18.2 Å². The fourth-order valence-electron chi connectivity index (χ4n) is 0.367. The van der Waals surface area contributed by atoms with Crippen molar-refractivity contribution in [2.24, 2.45) is 0 Å². The molecule has 0 atom stereocenters. The first-order valence-corrected chi connectivity index (χ1v) is 2.80. The summed E-state index contributed by atoms with van der Waals surface area (Å²) in [6.45, 7) is 0. The molecule has 0 aromatic heterocycles. The standard InChI is InChI=1S/C6H4Br.HI.Zn/c7-6-4-2-1-3-5-6;;/h2-5H;1H;/p-1. The Bertz CT molecular complexity index is 156. The van der Waals surface area contributed by atoms with E-state index in [1.807, 2.05) is 24.6 Å². The summed E-state index contributed by atoms with van der Waals surface area (Å²) >= 11 is 3.29. The van der Waals surface area contributed by atoms with Crippen LogP contribution in [0.2, 0.25) is 0 Å². The van der Waals surface area contributed by atoms with Gasteiger partial charge >= 0.3 is 0 Å². The summed E-state index contributed by atoms with van der Waals surface area (Å²) < 4.78 is 1.10. The first-order valence-electron chi connectivity index (χ1n) is 2.01. The maximum atomic E-state index is 3.29. The van der Waals surface area contributed by atoms with E-state index in [0.717, 1.165) is 4.48 Å². The van der Waals surface area contributed by atoms with Crippen LogP contribution in [0.5, 0.6) is 0 Å². The summed E-state index contributed by atoms with van der Waals surface area (Å²) in [6, 6.07) is 0. The van der Waals surface area contributed by atoms with E-state index in [-0.39, 0.29) is 43.5 Å². The molecule has 3 heteroatoms. The molecule has 0 amide bonds. The minimum absolute atomic E-state index is 0. The molecule has 0 nitrogen and oxygen atoms in total. The van der Waals surface area contributed by atoms with Crippen LogP contribution in [0.1, 0.15) is 0 Å². The Hall–Kier alpha value is 1.09. The van der Waals surface area contributed by atoms with Gasteiger partial charge in [-0.1, -0.05) is 15.9 Å². The summed E-state index contributed by atoms with van der Waals surface area (Å²) in [5, 5.41) is 0. The molecule has 0 aliphatic heterocycles. The summed E-state index contributed by atoms with van der Waals surface area (Å²) in [6.07, 6.45) is 7.62.